The van der Waals surface area contributed by atoms with Crippen LogP contribution >= 0.6 is 11.3 Å². The molecule has 0 aromatic carbocycles. The largest absolute Gasteiger partial charge is 0.392 e. The van der Waals surface area contributed by atoms with Crippen LogP contribution in [0.25, 0.3) is 0 Å². The Morgan fingerprint density at radius 3 is 3.21 bits per heavy atom. The van der Waals surface area contributed by atoms with Gasteiger partial charge in [0.15, 0.2) is 0 Å². The number of hydrogen-bond donors (Lipinski definition) is 2. The zero-order valence-corrected chi connectivity index (χ0v) is 9.18. The van der Waals surface area contributed by atoms with E-state index >= 15 is 0 Å². The first-order valence-corrected chi connectivity index (χ1v) is 5.93. The molecule has 78 valence electrons. The summed E-state index contributed by atoms with van der Waals surface area (Å²) in [5.41, 5.74) is 1.03. The van der Waals surface area contributed by atoms with Crippen LogP contribution in [-0.2, 0) is 6.42 Å². The molecular weight excluding hydrogens is 196 g/mol. The molecule has 1 unspecified atom stereocenters. The second kappa shape index (κ2) is 4.38. The van der Waals surface area contributed by atoms with E-state index in [9.17, 15) is 5.11 Å². The fourth-order valence-electron chi connectivity index (χ4n) is 1.89. The molecule has 14 heavy (non-hydrogen) atoms. The van der Waals surface area contributed by atoms with Gasteiger partial charge in [-0.25, -0.2) is 4.98 Å². The van der Waals surface area contributed by atoms with E-state index in [1.54, 1.807) is 11.3 Å². The molecule has 0 saturated carbocycles. The van der Waals surface area contributed by atoms with Crippen molar-refractivity contribution in [1.29, 1.82) is 0 Å². The highest BCUT2D eigenvalue weighted by Crippen LogP contribution is 2.17. The molecule has 0 aliphatic carbocycles. The standard InChI is InChI=1S/C10H16N2OS/c1-7-12-9(6-14-7)4-10(13)8-2-3-11-5-8/h6,8,10-11,13H,2-5H2,1H3/t8-,10?/m1/s1. The number of rotatable bonds is 3. The van der Waals surface area contributed by atoms with Crippen molar-refractivity contribution in [2.45, 2.75) is 25.9 Å². The molecule has 1 aromatic heterocycles. The van der Waals surface area contributed by atoms with Gasteiger partial charge in [0.25, 0.3) is 0 Å². The van der Waals surface area contributed by atoms with E-state index in [1.165, 1.54) is 0 Å². The molecule has 1 saturated heterocycles. The molecule has 1 fully saturated rings. The van der Waals surface area contributed by atoms with E-state index in [4.69, 9.17) is 0 Å². The van der Waals surface area contributed by atoms with Gasteiger partial charge in [0.05, 0.1) is 16.8 Å². The zero-order chi connectivity index (χ0) is 9.97. The van der Waals surface area contributed by atoms with Gasteiger partial charge < -0.3 is 10.4 Å². The minimum absolute atomic E-state index is 0.230. The number of thiazole rings is 1. The second-order valence-corrected chi connectivity index (χ2v) is 4.94. The van der Waals surface area contributed by atoms with Gasteiger partial charge in [0, 0.05) is 18.3 Å². The second-order valence-electron chi connectivity index (χ2n) is 3.88. The zero-order valence-electron chi connectivity index (χ0n) is 8.36. The third kappa shape index (κ3) is 2.32. The minimum Gasteiger partial charge on any atom is -0.392 e. The molecule has 1 aliphatic heterocycles. The lowest BCUT2D eigenvalue weighted by molar-refractivity contribution is 0.116. The van der Waals surface area contributed by atoms with Crippen LogP contribution in [0.1, 0.15) is 17.1 Å². The number of aromatic nitrogens is 1. The average molecular weight is 212 g/mol. The number of nitrogens with one attached hydrogen (secondary N) is 1. The first kappa shape index (κ1) is 10.1. The molecule has 3 nitrogen and oxygen atoms in total. The highest BCUT2D eigenvalue weighted by Gasteiger charge is 2.23. The third-order valence-corrected chi connectivity index (χ3v) is 3.55. The van der Waals surface area contributed by atoms with Gasteiger partial charge in [0.1, 0.15) is 0 Å². The van der Waals surface area contributed by atoms with E-state index in [-0.39, 0.29) is 6.10 Å². The van der Waals surface area contributed by atoms with Crippen molar-refractivity contribution in [3.05, 3.63) is 16.1 Å². The normalized spacial score (nSPS) is 24.0. The van der Waals surface area contributed by atoms with E-state index in [1.807, 2.05) is 12.3 Å². The van der Waals surface area contributed by atoms with Gasteiger partial charge in [-0.15, -0.1) is 11.3 Å². The molecular formula is C10H16N2OS. The highest BCUT2D eigenvalue weighted by molar-refractivity contribution is 7.09. The predicted molar refractivity (Wildman–Crippen MR) is 57.5 cm³/mol. The van der Waals surface area contributed by atoms with Crippen LogP contribution < -0.4 is 5.32 Å². The fraction of sp³-hybridized carbons (Fsp3) is 0.700. The van der Waals surface area contributed by atoms with Gasteiger partial charge in [-0.1, -0.05) is 0 Å². The van der Waals surface area contributed by atoms with Crippen LogP contribution in [0.4, 0.5) is 0 Å². The van der Waals surface area contributed by atoms with Crippen molar-refractivity contribution < 1.29 is 5.11 Å². The summed E-state index contributed by atoms with van der Waals surface area (Å²) in [7, 11) is 0. The molecule has 0 amide bonds. The number of nitrogens with zero attached hydrogens (tertiary/aromatic N) is 1. The Labute approximate surface area is 88.2 Å². The fourth-order valence-corrected chi connectivity index (χ4v) is 2.51. The summed E-state index contributed by atoms with van der Waals surface area (Å²) in [6, 6.07) is 0. The van der Waals surface area contributed by atoms with Crippen LogP contribution in [0.5, 0.6) is 0 Å². The summed E-state index contributed by atoms with van der Waals surface area (Å²) in [4.78, 5) is 4.36. The smallest absolute Gasteiger partial charge is 0.0897 e. The highest BCUT2D eigenvalue weighted by atomic mass is 32.1. The topological polar surface area (TPSA) is 45.2 Å². The molecule has 0 bridgehead atoms. The Morgan fingerprint density at radius 1 is 1.79 bits per heavy atom. The molecule has 2 rings (SSSR count). The Hall–Kier alpha value is -0.450. The number of aliphatic hydroxyl groups excluding tert-OH is 1. The summed E-state index contributed by atoms with van der Waals surface area (Å²) in [6.45, 7) is 3.99. The average Bonchev–Trinajstić information content (AvgIpc) is 2.75. The van der Waals surface area contributed by atoms with Crippen molar-refractivity contribution in [2.75, 3.05) is 13.1 Å². The Kier molecular flexibility index (Phi) is 3.15. The summed E-state index contributed by atoms with van der Waals surface area (Å²) in [5.74, 6) is 0.414. The Balaban J connectivity index is 1.90. The maximum Gasteiger partial charge on any atom is 0.0897 e. The van der Waals surface area contributed by atoms with E-state index in [0.717, 1.165) is 30.2 Å². The Morgan fingerprint density at radius 2 is 2.64 bits per heavy atom. The quantitative estimate of drug-likeness (QED) is 0.784. The lowest BCUT2D eigenvalue weighted by Crippen LogP contribution is -2.24. The van der Waals surface area contributed by atoms with E-state index < -0.39 is 0 Å². The summed E-state index contributed by atoms with van der Waals surface area (Å²) in [5, 5.41) is 16.3. The Bertz CT molecular complexity index is 294. The molecule has 1 aliphatic rings. The van der Waals surface area contributed by atoms with Crippen LogP contribution in [0.15, 0.2) is 5.38 Å². The van der Waals surface area contributed by atoms with Crippen molar-refractivity contribution in [3.63, 3.8) is 0 Å². The maximum atomic E-state index is 9.94. The third-order valence-electron chi connectivity index (χ3n) is 2.73. The van der Waals surface area contributed by atoms with Crippen LogP contribution in [0.3, 0.4) is 0 Å². The first-order valence-electron chi connectivity index (χ1n) is 5.05. The number of hydrogen-bond acceptors (Lipinski definition) is 4. The van der Waals surface area contributed by atoms with Gasteiger partial charge >= 0.3 is 0 Å². The summed E-state index contributed by atoms with van der Waals surface area (Å²) >= 11 is 1.65. The lowest BCUT2D eigenvalue weighted by atomic mass is 9.98. The predicted octanol–water partition coefficient (Wildman–Crippen LogP) is 0.964. The number of aliphatic hydroxyl groups is 1. The SMILES string of the molecule is Cc1nc(CC(O)[C@@H]2CCNC2)cs1. The van der Waals surface area contributed by atoms with Gasteiger partial charge in [-0.2, -0.15) is 0 Å². The molecule has 0 radical (unpaired) electrons. The maximum absolute atomic E-state index is 9.94. The minimum atomic E-state index is -0.230. The monoisotopic (exact) mass is 212 g/mol. The van der Waals surface area contributed by atoms with Crippen molar-refractivity contribution >= 4 is 11.3 Å². The van der Waals surface area contributed by atoms with Crippen LogP contribution in [0, 0.1) is 12.8 Å². The van der Waals surface area contributed by atoms with E-state index in [0.29, 0.717) is 12.3 Å². The van der Waals surface area contributed by atoms with Crippen molar-refractivity contribution in [1.82, 2.24) is 10.3 Å². The number of aryl methyl sites for hydroxylation is 1. The lowest BCUT2D eigenvalue weighted by Gasteiger charge is -2.15. The molecule has 4 heteroatoms. The summed E-state index contributed by atoms with van der Waals surface area (Å²) < 4.78 is 0. The van der Waals surface area contributed by atoms with Gasteiger partial charge in [-0.05, 0) is 25.8 Å². The summed E-state index contributed by atoms with van der Waals surface area (Å²) in [6.07, 6.45) is 1.56. The van der Waals surface area contributed by atoms with Gasteiger partial charge in [0.2, 0.25) is 0 Å². The first-order chi connectivity index (χ1) is 6.75. The van der Waals surface area contributed by atoms with E-state index in [2.05, 4.69) is 10.3 Å². The van der Waals surface area contributed by atoms with Crippen molar-refractivity contribution in [3.8, 4) is 0 Å². The molecule has 2 N–H and O–H groups in total. The van der Waals surface area contributed by atoms with Crippen molar-refractivity contribution in [2.24, 2.45) is 5.92 Å². The molecule has 2 heterocycles. The molecule has 1 aromatic rings. The van der Waals surface area contributed by atoms with Crippen LogP contribution in [0.2, 0.25) is 0 Å². The van der Waals surface area contributed by atoms with Crippen LogP contribution in [-0.4, -0.2) is 29.3 Å². The molecule has 0 spiro atoms. The molecule has 2 atom stereocenters. The van der Waals surface area contributed by atoms with Gasteiger partial charge in [-0.3, -0.25) is 0 Å².